The topological polar surface area (TPSA) is 24.9 Å². The van der Waals surface area contributed by atoms with Gasteiger partial charge in [-0.3, -0.25) is 0 Å². The lowest BCUT2D eigenvalue weighted by molar-refractivity contribution is 0.505. The Hall–Kier alpha value is -0.850. The third kappa shape index (κ3) is 3.38. The van der Waals surface area contributed by atoms with E-state index in [1.807, 2.05) is 19.2 Å². The van der Waals surface area contributed by atoms with Crippen molar-refractivity contribution < 1.29 is 8.78 Å². The van der Waals surface area contributed by atoms with E-state index in [0.717, 1.165) is 10.7 Å². The van der Waals surface area contributed by atoms with Gasteiger partial charge in [0.15, 0.2) is 0 Å². The van der Waals surface area contributed by atoms with Gasteiger partial charge in [-0.2, -0.15) is 0 Å². The summed E-state index contributed by atoms with van der Waals surface area (Å²) in [6.45, 7) is 3.96. The van der Waals surface area contributed by atoms with Crippen LogP contribution in [0, 0.1) is 18.6 Å². The molecule has 0 saturated carbocycles. The van der Waals surface area contributed by atoms with E-state index in [2.05, 4.69) is 26.2 Å². The van der Waals surface area contributed by atoms with Crippen LogP contribution in [-0.4, -0.2) is 4.98 Å². The van der Waals surface area contributed by atoms with Crippen LogP contribution in [0.15, 0.2) is 22.0 Å². The highest BCUT2D eigenvalue weighted by atomic mass is 79.9. The van der Waals surface area contributed by atoms with Gasteiger partial charge < -0.3 is 5.32 Å². The Balaban J connectivity index is 2.09. The number of nitrogens with one attached hydrogen (secondary N) is 1. The van der Waals surface area contributed by atoms with Gasteiger partial charge in [0.25, 0.3) is 0 Å². The molecule has 1 atom stereocenters. The lowest BCUT2D eigenvalue weighted by Gasteiger charge is -2.12. The van der Waals surface area contributed by atoms with Crippen molar-refractivity contribution in [1.29, 1.82) is 0 Å². The minimum atomic E-state index is -0.560. The Bertz CT molecular complexity index is 586. The van der Waals surface area contributed by atoms with Crippen molar-refractivity contribution in [3.63, 3.8) is 0 Å². The summed E-state index contributed by atoms with van der Waals surface area (Å²) < 4.78 is 27.6. The summed E-state index contributed by atoms with van der Waals surface area (Å²) >= 11 is 4.59. The molecule has 0 amide bonds. The van der Waals surface area contributed by atoms with E-state index in [0.29, 0.717) is 0 Å². The number of nitrogens with zero attached hydrogens (tertiary/aromatic N) is 1. The zero-order valence-electron chi connectivity index (χ0n) is 10.5. The number of hydrogen-bond donors (Lipinski definition) is 1. The Morgan fingerprint density at radius 2 is 2.16 bits per heavy atom. The van der Waals surface area contributed by atoms with Crippen LogP contribution in [0.1, 0.15) is 29.2 Å². The standard InChI is InChI=1S/C13H13BrF2N2S/c1-7-6-19-13(18-7)8(2)17-5-9-11(15)4-3-10(14)12(9)16/h3-4,6,8,17H,5H2,1-2H3. The number of aromatic nitrogens is 1. The predicted molar refractivity (Wildman–Crippen MR) is 76.2 cm³/mol. The summed E-state index contributed by atoms with van der Waals surface area (Å²) in [7, 11) is 0. The minimum absolute atomic E-state index is 0.0366. The molecule has 19 heavy (non-hydrogen) atoms. The maximum atomic E-state index is 13.8. The molecule has 1 aromatic carbocycles. The summed E-state index contributed by atoms with van der Waals surface area (Å²) in [5, 5.41) is 5.95. The monoisotopic (exact) mass is 346 g/mol. The molecular formula is C13H13BrF2N2S. The molecule has 0 aliphatic heterocycles. The van der Waals surface area contributed by atoms with Crippen LogP contribution in [0.25, 0.3) is 0 Å². The molecule has 0 aliphatic rings. The molecule has 0 bridgehead atoms. The van der Waals surface area contributed by atoms with E-state index >= 15 is 0 Å². The maximum absolute atomic E-state index is 13.8. The molecule has 0 saturated heterocycles. The largest absolute Gasteiger partial charge is 0.304 e. The zero-order chi connectivity index (χ0) is 14.0. The second-order valence-electron chi connectivity index (χ2n) is 4.25. The van der Waals surface area contributed by atoms with Crippen LogP contribution in [0.4, 0.5) is 8.78 Å². The molecule has 1 unspecified atom stereocenters. The lowest BCUT2D eigenvalue weighted by atomic mass is 10.2. The van der Waals surface area contributed by atoms with Gasteiger partial charge >= 0.3 is 0 Å². The van der Waals surface area contributed by atoms with E-state index in [-0.39, 0.29) is 22.6 Å². The number of aryl methyl sites for hydroxylation is 1. The average Bonchev–Trinajstić information content (AvgIpc) is 2.80. The van der Waals surface area contributed by atoms with Gasteiger partial charge in [-0.25, -0.2) is 13.8 Å². The highest BCUT2D eigenvalue weighted by Gasteiger charge is 2.15. The molecule has 0 spiro atoms. The number of hydrogen-bond acceptors (Lipinski definition) is 3. The quantitative estimate of drug-likeness (QED) is 0.832. The van der Waals surface area contributed by atoms with Crippen LogP contribution in [0.3, 0.4) is 0 Å². The van der Waals surface area contributed by atoms with Gasteiger partial charge in [-0.15, -0.1) is 11.3 Å². The van der Waals surface area contributed by atoms with E-state index in [9.17, 15) is 8.78 Å². The van der Waals surface area contributed by atoms with E-state index in [1.165, 1.54) is 23.5 Å². The van der Waals surface area contributed by atoms with Gasteiger partial charge in [0.2, 0.25) is 0 Å². The fraction of sp³-hybridized carbons (Fsp3) is 0.308. The Kier molecular flexibility index (Phi) is 4.65. The highest BCUT2D eigenvalue weighted by molar-refractivity contribution is 9.10. The van der Waals surface area contributed by atoms with Crippen LogP contribution in [0.2, 0.25) is 0 Å². The van der Waals surface area contributed by atoms with E-state index in [4.69, 9.17) is 0 Å². The van der Waals surface area contributed by atoms with Crippen molar-refractivity contribution in [3.8, 4) is 0 Å². The molecular weight excluding hydrogens is 334 g/mol. The van der Waals surface area contributed by atoms with Gasteiger partial charge in [0, 0.05) is 23.2 Å². The molecule has 0 aliphatic carbocycles. The van der Waals surface area contributed by atoms with Gasteiger partial charge in [-0.1, -0.05) is 0 Å². The summed E-state index contributed by atoms with van der Waals surface area (Å²) in [6, 6.07) is 2.57. The fourth-order valence-electron chi connectivity index (χ4n) is 1.64. The molecule has 1 heterocycles. The van der Waals surface area contributed by atoms with Crippen molar-refractivity contribution in [3.05, 3.63) is 49.9 Å². The zero-order valence-corrected chi connectivity index (χ0v) is 12.9. The summed E-state index contributed by atoms with van der Waals surface area (Å²) in [5.41, 5.74) is 0.989. The van der Waals surface area contributed by atoms with Crippen molar-refractivity contribution in [2.45, 2.75) is 26.4 Å². The van der Waals surface area contributed by atoms with E-state index < -0.39 is 11.6 Å². The third-order valence-electron chi connectivity index (χ3n) is 2.73. The molecule has 0 radical (unpaired) electrons. The summed E-state index contributed by atoms with van der Waals surface area (Å²) in [4.78, 5) is 4.34. The van der Waals surface area contributed by atoms with Crippen molar-refractivity contribution >= 4 is 27.3 Å². The fourth-order valence-corrected chi connectivity index (χ4v) is 2.84. The number of benzene rings is 1. The Labute approximate surface area is 123 Å². The Morgan fingerprint density at radius 3 is 2.79 bits per heavy atom. The normalized spacial score (nSPS) is 12.7. The number of halogens is 3. The number of rotatable bonds is 4. The predicted octanol–water partition coefficient (Wildman–Crippen LogP) is 4.34. The van der Waals surface area contributed by atoms with Crippen molar-refractivity contribution in [2.75, 3.05) is 0 Å². The highest BCUT2D eigenvalue weighted by Crippen LogP contribution is 2.23. The molecule has 102 valence electrons. The first-order valence-electron chi connectivity index (χ1n) is 5.77. The first-order valence-corrected chi connectivity index (χ1v) is 7.44. The summed E-state index contributed by atoms with van der Waals surface area (Å²) in [6.07, 6.45) is 0. The molecule has 2 nitrogen and oxygen atoms in total. The molecule has 0 fully saturated rings. The van der Waals surface area contributed by atoms with Crippen LogP contribution in [-0.2, 0) is 6.54 Å². The molecule has 2 rings (SSSR count). The Morgan fingerprint density at radius 1 is 1.42 bits per heavy atom. The molecule has 1 N–H and O–H groups in total. The summed E-state index contributed by atoms with van der Waals surface area (Å²) in [5.74, 6) is -1.11. The average molecular weight is 347 g/mol. The second-order valence-corrected chi connectivity index (χ2v) is 6.00. The minimum Gasteiger partial charge on any atom is -0.304 e. The SMILES string of the molecule is Cc1csc(C(C)NCc2c(F)ccc(Br)c2F)n1. The molecule has 1 aromatic heterocycles. The molecule has 6 heteroatoms. The van der Waals surface area contributed by atoms with Gasteiger partial charge in [-0.05, 0) is 41.9 Å². The van der Waals surface area contributed by atoms with Crippen LogP contribution < -0.4 is 5.32 Å². The lowest BCUT2D eigenvalue weighted by Crippen LogP contribution is -2.19. The second kappa shape index (κ2) is 6.07. The number of thiazole rings is 1. The van der Waals surface area contributed by atoms with Crippen LogP contribution in [0.5, 0.6) is 0 Å². The van der Waals surface area contributed by atoms with Gasteiger partial charge in [0.05, 0.1) is 10.5 Å². The maximum Gasteiger partial charge on any atom is 0.144 e. The van der Waals surface area contributed by atoms with E-state index in [1.54, 1.807) is 0 Å². The van der Waals surface area contributed by atoms with Gasteiger partial charge in [0.1, 0.15) is 16.6 Å². The first kappa shape index (κ1) is 14.6. The van der Waals surface area contributed by atoms with Crippen LogP contribution >= 0.6 is 27.3 Å². The van der Waals surface area contributed by atoms with Crippen molar-refractivity contribution in [1.82, 2.24) is 10.3 Å². The third-order valence-corrected chi connectivity index (χ3v) is 4.49. The smallest absolute Gasteiger partial charge is 0.144 e. The van der Waals surface area contributed by atoms with Crippen molar-refractivity contribution in [2.24, 2.45) is 0 Å². The molecule has 2 aromatic rings. The first-order chi connectivity index (χ1) is 8.99.